The Labute approximate surface area is 101 Å². The second-order valence-corrected chi connectivity index (χ2v) is 3.90. The molecule has 1 atom stereocenters. The number of furan rings is 1. The standard InChI is InChI=1S/C12H19NO4/c1-3-4-10(8-16-2)13-7-9-5-6-17-11(9)12(14)15/h5-6,10,13H,3-4,7-8H2,1-2H3,(H,14,15). The first-order valence-corrected chi connectivity index (χ1v) is 5.71. The third-order valence-corrected chi connectivity index (χ3v) is 2.53. The van der Waals surface area contributed by atoms with Crippen LogP contribution in [0.2, 0.25) is 0 Å². The lowest BCUT2D eigenvalue weighted by Gasteiger charge is -2.16. The van der Waals surface area contributed by atoms with Crippen molar-refractivity contribution in [2.45, 2.75) is 32.4 Å². The van der Waals surface area contributed by atoms with Crippen molar-refractivity contribution in [1.29, 1.82) is 0 Å². The summed E-state index contributed by atoms with van der Waals surface area (Å²) in [5, 5.41) is 12.2. The molecule has 2 N–H and O–H groups in total. The maximum Gasteiger partial charge on any atom is 0.372 e. The van der Waals surface area contributed by atoms with E-state index in [1.54, 1.807) is 13.2 Å². The molecule has 0 spiro atoms. The maximum absolute atomic E-state index is 10.8. The van der Waals surface area contributed by atoms with Gasteiger partial charge in [-0.2, -0.15) is 0 Å². The van der Waals surface area contributed by atoms with Crippen LogP contribution in [0.5, 0.6) is 0 Å². The number of carbonyl (C=O) groups is 1. The van der Waals surface area contributed by atoms with Crippen molar-refractivity contribution in [1.82, 2.24) is 5.32 Å². The van der Waals surface area contributed by atoms with Gasteiger partial charge in [-0.1, -0.05) is 13.3 Å². The lowest BCUT2D eigenvalue weighted by atomic mass is 10.1. The average molecular weight is 241 g/mol. The van der Waals surface area contributed by atoms with E-state index < -0.39 is 5.97 Å². The molecule has 0 saturated heterocycles. The molecule has 0 saturated carbocycles. The largest absolute Gasteiger partial charge is 0.475 e. The van der Waals surface area contributed by atoms with Gasteiger partial charge in [-0.15, -0.1) is 0 Å². The number of carboxylic acid groups (broad SMARTS) is 1. The molecule has 1 aromatic heterocycles. The van der Waals surface area contributed by atoms with Crippen molar-refractivity contribution in [2.24, 2.45) is 0 Å². The molecule has 0 fully saturated rings. The summed E-state index contributed by atoms with van der Waals surface area (Å²) in [5.74, 6) is -1.03. The van der Waals surface area contributed by atoms with Crippen molar-refractivity contribution in [3.05, 3.63) is 23.7 Å². The van der Waals surface area contributed by atoms with Gasteiger partial charge < -0.3 is 19.6 Å². The molecule has 1 aromatic rings. The van der Waals surface area contributed by atoms with E-state index in [0.29, 0.717) is 18.7 Å². The van der Waals surface area contributed by atoms with Gasteiger partial charge >= 0.3 is 5.97 Å². The van der Waals surface area contributed by atoms with Gasteiger partial charge in [0.2, 0.25) is 5.76 Å². The fourth-order valence-corrected chi connectivity index (χ4v) is 1.71. The van der Waals surface area contributed by atoms with Crippen LogP contribution in [0.15, 0.2) is 16.7 Å². The SMILES string of the molecule is CCCC(COC)NCc1ccoc1C(=O)O. The molecule has 0 bridgehead atoms. The molecule has 0 aliphatic rings. The number of rotatable bonds is 8. The molecule has 17 heavy (non-hydrogen) atoms. The fraction of sp³-hybridized carbons (Fsp3) is 0.583. The van der Waals surface area contributed by atoms with Crippen LogP contribution in [0.1, 0.15) is 35.9 Å². The van der Waals surface area contributed by atoms with E-state index in [2.05, 4.69) is 12.2 Å². The first kappa shape index (κ1) is 13.7. The second-order valence-electron chi connectivity index (χ2n) is 3.90. The summed E-state index contributed by atoms with van der Waals surface area (Å²) in [4.78, 5) is 10.8. The number of hydrogen-bond acceptors (Lipinski definition) is 4. The lowest BCUT2D eigenvalue weighted by molar-refractivity contribution is 0.0660. The Balaban J connectivity index is 2.52. The van der Waals surface area contributed by atoms with Crippen LogP contribution < -0.4 is 5.32 Å². The van der Waals surface area contributed by atoms with E-state index in [1.807, 2.05) is 0 Å². The quantitative estimate of drug-likeness (QED) is 0.727. The first-order chi connectivity index (χ1) is 8.19. The van der Waals surface area contributed by atoms with E-state index in [-0.39, 0.29) is 11.8 Å². The van der Waals surface area contributed by atoms with Crippen molar-refractivity contribution >= 4 is 5.97 Å². The summed E-state index contributed by atoms with van der Waals surface area (Å²) in [7, 11) is 1.66. The molecule has 1 unspecified atom stereocenters. The normalized spacial score (nSPS) is 12.6. The Morgan fingerprint density at radius 1 is 1.65 bits per heavy atom. The summed E-state index contributed by atoms with van der Waals surface area (Å²) in [6, 6.07) is 1.91. The number of aromatic carboxylic acids is 1. The average Bonchev–Trinajstić information content (AvgIpc) is 2.74. The minimum absolute atomic E-state index is 0.00478. The molecule has 1 heterocycles. The fourth-order valence-electron chi connectivity index (χ4n) is 1.71. The molecule has 0 aromatic carbocycles. The first-order valence-electron chi connectivity index (χ1n) is 5.71. The van der Waals surface area contributed by atoms with E-state index >= 15 is 0 Å². The zero-order valence-electron chi connectivity index (χ0n) is 10.2. The Morgan fingerprint density at radius 2 is 2.41 bits per heavy atom. The summed E-state index contributed by atoms with van der Waals surface area (Å²) in [5.41, 5.74) is 0.662. The molecular weight excluding hydrogens is 222 g/mol. The molecule has 5 heteroatoms. The van der Waals surface area contributed by atoms with Gasteiger partial charge in [0.1, 0.15) is 0 Å². The predicted octanol–water partition coefficient (Wildman–Crippen LogP) is 1.88. The molecule has 0 aliphatic carbocycles. The predicted molar refractivity (Wildman–Crippen MR) is 63.1 cm³/mol. The van der Waals surface area contributed by atoms with Crippen LogP contribution in [-0.2, 0) is 11.3 Å². The summed E-state index contributed by atoms with van der Waals surface area (Å²) < 4.78 is 10.0. The van der Waals surface area contributed by atoms with Crippen LogP contribution in [0.3, 0.4) is 0 Å². The highest BCUT2D eigenvalue weighted by Crippen LogP contribution is 2.11. The van der Waals surface area contributed by atoms with Gasteiger partial charge in [0.25, 0.3) is 0 Å². The molecular formula is C12H19NO4. The second kappa shape index (κ2) is 7.09. The molecule has 0 amide bonds. The summed E-state index contributed by atoms with van der Waals surface area (Å²) in [6.07, 6.45) is 3.44. The molecule has 0 radical (unpaired) electrons. The topological polar surface area (TPSA) is 71.7 Å². The Morgan fingerprint density at radius 3 is 3.00 bits per heavy atom. The third-order valence-electron chi connectivity index (χ3n) is 2.53. The zero-order valence-corrected chi connectivity index (χ0v) is 10.2. The highest BCUT2D eigenvalue weighted by molar-refractivity contribution is 5.86. The van der Waals surface area contributed by atoms with Gasteiger partial charge in [-0.25, -0.2) is 4.79 Å². The summed E-state index contributed by atoms with van der Waals surface area (Å²) in [6.45, 7) is 3.20. The minimum atomic E-state index is -1.04. The van der Waals surface area contributed by atoms with Crippen LogP contribution in [0.25, 0.3) is 0 Å². The van der Waals surface area contributed by atoms with Crippen LogP contribution in [0.4, 0.5) is 0 Å². The van der Waals surface area contributed by atoms with E-state index in [4.69, 9.17) is 14.3 Å². The Bertz CT molecular complexity index is 342. The highest BCUT2D eigenvalue weighted by Gasteiger charge is 2.15. The monoisotopic (exact) mass is 241 g/mol. The van der Waals surface area contributed by atoms with Crippen LogP contribution in [-0.4, -0.2) is 30.8 Å². The number of hydrogen-bond donors (Lipinski definition) is 2. The molecule has 1 rings (SSSR count). The number of nitrogens with one attached hydrogen (secondary N) is 1. The lowest BCUT2D eigenvalue weighted by Crippen LogP contribution is -2.32. The van der Waals surface area contributed by atoms with Gasteiger partial charge in [0.05, 0.1) is 12.9 Å². The van der Waals surface area contributed by atoms with E-state index in [9.17, 15) is 4.79 Å². The number of ether oxygens (including phenoxy) is 1. The highest BCUT2D eigenvalue weighted by atomic mass is 16.5. The zero-order chi connectivity index (χ0) is 12.7. The minimum Gasteiger partial charge on any atom is -0.475 e. The maximum atomic E-state index is 10.8. The van der Waals surface area contributed by atoms with Gasteiger partial charge in [-0.05, 0) is 12.5 Å². The summed E-state index contributed by atoms with van der Waals surface area (Å²) >= 11 is 0. The van der Waals surface area contributed by atoms with Gasteiger partial charge in [-0.3, -0.25) is 0 Å². The van der Waals surface area contributed by atoms with Crippen molar-refractivity contribution in [2.75, 3.05) is 13.7 Å². The van der Waals surface area contributed by atoms with Crippen LogP contribution >= 0.6 is 0 Å². The Kier molecular flexibility index (Phi) is 5.72. The van der Waals surface area contributed by atoms with Crippen molar-refractivity contribution in [3.63, 3.8) is 0 Å². The number of methoxy groups -OCH3 is 1. The third kappa shape index (κ3) is 4.20. The Hall–Kier alpha value is -1.33. The van der Waals surface area contributed by atoms with Crippen LogP contribution in [0, 0.1) is 0 Å². The van der Waals surface area contributed by atoms with Gasteiger partial charge in [0.15, 0.2) is 0 Å². The molecule has 96 valence electrons. The molecule has 5 nitrogen and oxygen atoms in total. The van der Waals surface area contributed by atoms with Crippen molar-refractivity contribution in [3.8, 4) is 0 Å². The van der Waals surface area contributed by atoms with Gasteiger partial charge in [0, 0.05) is 25.3 Å². The van der Waals surface area contributed by atoms with Crippen molar-refractivity contribution < 1.29 is 19.1 Å². The molecule has 0 aliphatic heterocycles. The van der Waals surface area contributed by atoms with E-state index in [1.165, 1.54) is 6.26 Å². The number of carboxylic acids is 1. The van der Waals surface area contributed by atoms with E-state index in [0.717, 1.165) is 12.8 Å². The smallest absolute Gasteiger partial charge is 0.372 e.